The topological polar surface area (TPSA) is 57.2 Å². The van der Waals surface area contributed by atoms with Gasteiger partial charge in [-0.3, -0.25) is 9.79 Å². The van der Waals surface area contributed by atoms with Gasteiger partial charge in [0.15, 0.2) is 17.5 Å². The standard InChI is InChI=1S/C24H31FN4O2/c1-26-24(28(2)16-18-10-11-22(31-3)21(25)15-18)27-13-6-9-23(30)29-14-12-19-7-4-5-8-20(19)17-29/h4-5,7-8,10-11,15H,6,9,12-14,16-17H2,1-3H3,(H,26,27). The maximum Gasteiger partial charge on any atom is 0.222 e. The molecule has 0 fully saturated rings. The van der Waals surface area contributed by atoms with E-state index in [0.29, 0.717) is 32.0 Å². The van der Waals surface area contributed by atoms with Crippen molar-refractivity contribution >= 4 is 11.9 Å². The number of carbonyl (C=O) groups is 1. The molecule has 1 aliphatic rings. The third kappa shape index (κ3) is 5.96. The minimum atomic E-state index is -0.379. The molecule has 0 saturated heterocycles. The van der Waals surface area contributed by atoms with E-state index in [-0.39, 0.29) is 17.5 Å². The van der Waals surface area contributed by atoms with E-state index in [0.717, 1.165) is 24.9 Å². The van der Waals surface area contributed by atoms with Crippen LogP contribution in [0, 0.1) is 5.82 Å². The number of benzene rings is 2. The van der Waals surface area contributed by atoms with Gasteiger partial charge < -0.3 is 19.9 Å². The number of halogens is 1. The van der Waals surface area contributed by atoms with Crippen LogP contribution >= 0.6 is 0 Å². The van der Waals surface area contributed by atoms with Gasteiger partial charge in [0.25, 0.3) is 0 Å². The van der Waals surface area contributed by atoms with Gasteiger partial charge in [-0.2, -0.15) is 0 Å². The molecule has 3 rings (SSSR count). The van der Waals surface area contributed by atoms with E-state index in [1.165, 1.54) is 24.3 Å². The summed E-state index contributed by atoms with van der Waals surface area (Å²) in [4.78, 5) is 20.7. The fraction of sp³-hybridized carbons (Fsp3) is 0.417. The molecule has 1 N–H and O–H groups in total. The molecule has 2 aromatic rings. The van der Waals surface area contributed by atoms with E-state index in [2.05, 4.69) is 28.5 Å². The normalized spacial score (nSPS) is 13.5. The van der Waals surface area contributed by atoms with Crippen LogP contribution in [-0.4, -0.2) is 56.0 Å². The summed E-state index contributed by atoms with van der Waals surface area (Å²) in [5.41, 5.74) is 3.42. The van der Waals surface area contributed by atoms with Gasteiger partial charge >= 0.3 is 0 Å². The van der Waals surface area contributed by atoms with Crippen molar-refractivity contribution < 1.29 is 13.9 Å². The van der Waals surface area contributed by atoms with Crippen LogP contribution in [-0.2, 0) is 24.3 Å². The van der Waals surface area contributed by atoms with E-state index in [4.69, 9.17) is 4.74 Å². The SMILES string of the molecule is CN=C(NCCCC(=O)N1CCc2ccccc2C1)N(C)Cc1ccc(OC)c(F)c1. The van der Waals surface area contributed by atoms with Gasteiger partial charge in [-0.15, -0.1) is 0 Å². The Kier molecular flexibility index (Phi) is 7.87. The van der Waals surface area contributed by atoms with Crippen LogP contribution in [0.2, 0.25) is 0 Å². The Balaban J connectivity index is 1.42. The molecule has 0 atom stereocenters. The number of carbonyl (C=O) groups excluding carboxylic acids is 1. The zero-order valence-electron chi connectivity index (χ0n) is 18.5. The lowest BCUT2D eigenvalue weighted by atomic mass is 9.99. The molecular formula is C24H31FN4O2. The van der Waals surface area contributed by atoms with E-state index in [1.807, 2.05) is 29.0 Å². The quantitative estimate of drug-likeness (QED) is 0.420. The number of amides is 1. The third-order valence-electron chi connectivity index (χ3n) is 5.54. The van der Waals surface area contributed by atoms with Gasteiger partial charge in [0.05, 0.1) is 7.11 Å². The summed E-state index contributed by atoms with van der Waals surface area (Å²) in [5.74, 6) is 0.745. The monoisotopic (exact) mass is 426 g/mol. The number of ether oxygens (including phenoxy) is 1. The van der Waals surface area contributed by atoms with E-state index >= 15 is 0 Å². The molecule has 0 aliphatic carbocycles. The number of methoxy groups -OCH3 is 1. The Morgan fingerprint density at radius 2 is 2.03 bits per heavy atom. The van der Waals surface area contributed by atoms with Crippen molar-refractivity contribution in [2.45, 2.75) is 32.4 Å². The molecule has 0 bridgehead atoms. The summed E-state index contributed by atoms with van der Waals surface area (Å²) in [5, 5.41) is 3.29. The fourth-order valence-electron chi connectivity index (χ4n) is 3.85. The van der Waals surface area contributed by atoms with Crippen molar-refractivity contribution in [3.8, 4) is 5.75 Å². The van der Waals surface area contributed by atoms with Gasteiger partial charge in [-0.05, 0) is 41.7 Å². The Bertz CT molecular complexity index is 932. The number of nitrogens with one attached hydrogen (secondary N) is 1. The summed E-state index contributed by atoms with van der Waals surface area (Å²) in [6.45, 7) is 2.63. The highest BCUT2D eigenvalue weighted by Gasteiger charge is 2.19. The molecule has 1 aliphatic heterocycles. The molecule has 0 radical (unpaired) electrons. The minimum Gasteiger partial charge on any atom is -0.494 e. The van der Waals surface area contributed by atoms with Gasteiger partial charge in [0, 0.05) is 46.7 Å². The summed E-state index contributed by atoms with van der Waals surface area (Å²) < 4.78 is 18.9. The average Bonchev–Trinajstić information content (AvgIpc) is 2.78. The van der Waals surface area contributed by atoms with Gasteiger partial charge in [-0.25, -0.2) is 4.39 Å². The van der Waals surface area contributed by atoms with E-state index < -0.39 is 0 Å². The Hall–Kier alpha value is -3.09. The molecule has 31 heavy (non-hydrogen) atoms. The van der Waals surface area contributed by atoms with Crippen molar-refractivity contribution in [2.24, 2.45) is 4.99 Å². The van der Waals surface area contributed by atoms with Crippen molar-refractivity contribution in [3.63, 3.8) is 0 Å². The van der Waals surface area contributed by atoms with Crippen LogP contribution in [0.1, 0.15) is 29.5 Å². The fourth-order valence-corrected chi connectivity index (χ4v) is 3.85. The second-order valence-corrected chi connectivity index (χ2v) is 7.74. The smallest absolute Gasteiger partial charge is 0.222 e. The Labute approximate surface area is 183 Å². The maximum atomic E-state index is 13.9. The number of fused-ring (bicyclic) bond motifs is 1. The second kappa shape index (κ2) is 10.8. The molecular weight excluding hydrogens is 395 g/mol. The first-order chi connectivity index (χ1) is 15.0. The Morgan fingerprint density at radius 3 is 2.74 bits per heavy atom. The van der Waals surface area contributed by atoms with E-state index in [9.17, 15) is 9.18 Å². The molecule has 1 amide bonds. The molecule has 0 saturated carbocycles. The molecule has 166 valence electrons. The number of hydrogen-bond donors (Lipinski definition) is 1. The molecule has 0 spiro atoms. The summed E-state index contributed by atoms with van der Waals surface area (Å²) in [6, 6.07) is 13.3. The first kappa shape index (κ1) is 22.6. The molecule has 1 heterocycles. The lowest BCUT2D eigenvalue weighted by Gasteiger charge is -2.29. The summed E-state index contributed by atoms with van der Waals surface area (Å²) >= 11 is 0. The first-order valence-electron chi connectivity index (χ1n) is 10.6. The van der Waals surface area contributed by atoms with Crippen LogP contribution in [0.5, 0.6) is 5.75 Å². The zero-order valence-corrected chi connectivity index (χ0v) is 18.5. The Morgan fingerprint density at radius 1 is 1.26 bits per heavy atom. The molecule has 0 aromatic heterocycles. The molecule has 0 unspecified atom stereocenters. The van der Waals surface area contributed by atoms with Gasteiger partial charge in [0.2, 0.25) is 5.91 Å². The molecule has 6 nitrogen and oxygen atoms in total. The summed E-state index contributed by atoms with van der Waals surface area (Å²) in [6.07, 6.45) is 2.14. The third-order valence-corrected chi connectivity index (χ3v) is 5.54. The highest BCUT2D eigenvalue weighted by molar-refractivity contribution is 5.80. The highest BCUT2D eigenvalue weighted by Crippen LogP contribution is 2.20. The van der Waals surface area contributed by atoms with Crippen LogP contribution < -0.4 is 10.1 Å². The second-order valence-electron chi connectivity index (χ2n) is 7.74. The van der Waals surface area contributed by atoms with Crippen LogP contribution in [0.15, 0.2) is 47.5 Å². The first-order valence-corrected chi connectivity index (χ1v) is 10.6. The number of aliphatic imine (C=N–C) groups is 1. The minimum absolute atomic E-state index is 0.188. The van der Waals surface area contributed by atoms with Gasteiger partial charge in [-0.1, -0.05) is 30.3 Å². The van der Waals surface area contributed by atoms with Crippen molar-refractivity contribution in [1.29, 1.82) is 0 Å². The van der Waals surface area contributed by atoms with Crippen LogP contribution in [0.4, 0.5) is 4.39 Å². The predicted octanol–water partition coefficient (Wildman–Crippen LogP) is 3.21. The number of nitrogens with zero attached hydrogens (tertiary/aromatic N) is 3. The van der Waals surface area contributed by atoms with Crippen molar-refractivity contribution in [2.75, 3.05) is 34.3 Å². The number of guanidine groups is 1. The summed E-state index contributed by atoms with van der Waals surface area (Å²) in [7, 11) is 5.06. The van der Waals surface area contributed by atoms with Crippen molar-refractivity contribution in [1.82, 2.24) is 15.1 Å². The largest absolute Gasteiger partial charge is 0.494 e. The predicted molar refractivity (Wildman–Crippen MR) is 121 cm³/mol. The average molecular weight is 427 g/mol. The maximum absolute atomic E-state index is 13.9. The van der Waals surface area contributed by atoms with E-state index in [1.54, 1.807) is 13.1 Å². The van der Waals surface area contributed by atoms with Crippen LogP contribution in [0.25, 0.3) is 0 Å². The van der Waals surface area contributed by atoms with Gasteiger partial charge in [0.1, 0.15) is 0 Å². The zero-order chi connectivity index (χ0) is 22.2. The lowest BCUT2D eigenvalue weighted by Crippen LogP contribution is -2.39. The number of hydrogen-bond acceptors (Lipinski definition) is 3. The van der Waals surface area contributed by atoms with Crippen molar-refractivity contribution in [3.05, 3.63) is 65.0 Å². The van der Waals surface area contributed by atoms with Crippen LogP contribution in [0.3, 0.4) is 0 Å². The molecule has 7 heteroatoms. The molecule has 2 aromatic carbocycles. The highest BCUT2D eigenvalue weighted by atomic mass is 19.1. The number of rotatable bonds is 7. The lowest BCUT2D eigenvalue weighted by molar-refractivity contribution is -0.132.